The highest BCUT2D eigenvalue weighted by Gasteiger charge is 2.04. The Balaban J connectivity index is 2.42. The molecule has 17 heavy (non-hydrogen) atoms. The molecule has 1 N–H and O–H groups in total. The molecule has 2 aromatic rings. The SMILES string of the molecule is CNCc1ccnc(-c2ccc(C)cc2C)c1. The van der Waals surface area contributed by atoms with Crippen LogP contribution in [0.4, 0.5) is 0 Å². The van der Waals surface area contributed by atoms with Crippen LogP contribution < -0.4 is 5.32 Å². The number of nitrogens with zero attached hydrogens (tertiary/aromatic N) is 1. The van der Waals surface area contributed by atoms with Gasteiger partial charge in [-0.05, 0) is 44.2 Å². The first-order valence-electron chi connectivity index (χ1n) is 5.88. The van der Waals surface area contributed by atoms with Crippen molar-refractivity contribution in [3.63, 3.8) is 0 Å². The third-order valence-electron chi connectivity index (χ3n) is 2.86. The summed E-state index contributed by atoms with van der Waals surface area (Å²) in [6, 6.07) is 10.7. The maximum atomic E-state index is 4.45. The Labute approximate surface area is 103 Å². The lowest BCUT2D eigenvalue weighted by Crippen LogP contribution is -2.05. The lowest BCUT2D eigenvalue weighted by molar-refractivity contribution is 0.816. The highest BCUT2D eigenvalue weighted by atomic mass is 14.8. The van der Waals surface area contributed by atoms with E-state index in [0.29, 0.717) is 0 Å². The molecule has 2 nitrogen and oxygen atoms in total. The van der Waals surface area contributed by atoms with Crippen LogP contribution in [0.5, 0.6) is 0 Å². The van der Waals surface area contributed by atoms with E-state index in [1.807, 2.05) is 19.3 Å². The fraction of sp³-hybridized carbons (Fsp3) is 0.267. The number of hydrogen-bond donors (Lipinski definition) is 1. The van der Waals surface area contributed by atoms with Gasteiger partial charge in [-0.2, -0.15) is 0 Å². The zero-order valence-corrected chi connectivity index (χ0v) is 10.6. The fourth-order valence-corrected chi connectivity index (χ4v) is 2.04. The molecule has 0 bridgehead atoms. The number of benzene rings is 1. The Hall–Kier alpha value is -1.67. The number of aromatic nitrogens is 1. The maximum Gasteiger partial charge on any atom is 0.0707 e. The second-order valence-corrected chi connectivity index (χ2v) is 4.40. The van der Waals surface area contributed by atoms with Crippen molar-refractivity contribution in [2.75, 3.05) is 7.05 Å². The van der Waals surface area contributed by atoms with Crippen LogP contribution in [0.25, 0.3) is 11.3 Å². The van der Waals surface area contributed by atoms with Crippen molar-refractivity contribution in [2.24, 2.45) is 0 Å². The average Bonchev–Trinajstić information content (AvgIpc) is 2.29. The van der Waals surface area contributed by atoms with E-state index in [2.05, 4.69) is 48.4 Å². The Morgan fingerprint density at radius 1 is 1.12 bits per heavy atom. The third-order valence-corrected chi connectivity index (χ3v) is 2.86. The van der Waals surface area contributed by atoms with Gasteiger partial charge in [-0.3, -0.25) is 4.98 Å². The van der Waals surface area contributed by atoms with Gasteiger partial charge in [0.1, 0.15) is 0 Å². The molecule has 0 aliphatic rings. The van der Waals surface area contributed by atoms with Gasteiger partial charge >= 0.3 is 0 Å². The zero-order valence-electron chi connectivity index (χ0n) is 10.6. The lowest BCUT2D eigenvalue weighted by Gasteiger charge is -2.08. The molecule has 0 saturated heterocycles. The quantitative estimate of drug-likeness (QED) is 0.870. The molecule has 0 amide bonds. The highest BCUT2D eigenvalue weighted by molar-refractivity contribution is 5.64. The van der Waals surface area contributed by atoms with E-state index < -0.39 is 0 Å². The first kappa shape index (κ1) is 11.8. The van der Waals surface area contributed by atoms with Crippen molar-refractivity contribution in [3.8, 4) is 11.3 Å². The standard InChI is InChI=1S/C15H18N2/c1-11-4-5-14(12(2)8-11)15-9-13(10-16-3)6-7-17-15/h4-9,16H,10H2,1-3H3. The molecule has 0 unspecified atom stereocenters. The summed E-state index contributed by atoms with van der Waals surface area (Å²) >= 11 is 0. The largest absolute Gasteiger partial charge is 0.316 e. The molecular weight excluding hydrogens is 208 g/mol. The Morgan fingerprint density at radius 3 is 2.65 bits per heavy atom. The summed E-state index contributed by atoms with van der Waals surface area (Å²) in [7, 11) is 1.96. The number of aryl methyl sites for hydroxylation is 2. The van der Waals surface area contributed by atoms with Crippen LogP contribution in [-0.2, 0) is 6.54 Å². The summed E-state index contributed by atoms with van der Waals surface area (Å²) in [4.78, 5) is 4.45. The minimum absolute atomic E-state index is 0.875. The molecule has 1 aromatic heterocycles. The molecule has 0 fully saturated rings. The molecule has 2 heteroatoms. The molecule has 0 aliphatic carbocycles. The average molecular weight is 226 g/mol. The van der Waals surface area contributed by atoms with Gasteiger partial charge in [-0.25, -0.2) is 0 Å². The van der Waals surface area contributed by atoms with Crippen molar-refractivity contribution in [1.29, 1.82) is 0 Å². The van der Waals surface area contributed by atoms with E-state index in [4.69, 9.17) is 0 Å². The van der Waals surface area contributed by atoms with Crippen LogP contribution in [0.2, 0.25) is 0 Å². The molecule has 0 saturated carbocycles. The maximum absolute atomic E-state index is 4.45. The summed E-state index contributed by atoms with van der Waals surface area (Å²) in [6.45, 7) is 5.12. The fourth-order valence-electron chi connectivity index (χ4n) is 2.04. The van der Waals surface area contributed by atoms with Crippen molar-refractivity contribution in [1.82, 2.24) is 10.3 Å². The molecule has 88 valence electrons. The van der Waals surface area contributed by atoms with Gasteiger partial charge in [0.05, 0.1) is 5.69 Å². The lowest BCUT2D eigenvalue weighted by atomic mass is 10.0. The van der Waals surface area contributed by atoms with Gasteiger partial charge in [-0.15, -0.1) is 0 Å². The second kappa shape index (κ2) is 5.11. The number of pyridine rings is 1. The van der Waals surface area contributed by atoms with Gasteiger partial charge < -0.3 is 5.32 Å². The van der Waals surface area contributed by atoms with E-state index in [0.717, 1.165) is 12.2 Å². The van der Waals surface area contributed by atoms with E-state index in [-0.39, 0.29) is 0 Å². The van der Waals surface area contributed by atoms with E-state index in [1.165, 1.54) is 22.3 Å². The van der Waals surface area contributed by atoms with Gasteiger partial charge in [0.2, 0.25) is 0 Å². The predicted octanol–water partition coefficient (Wildman–Crippen LogP) is 3.08. The van der Waals surface area contributed by atoms with Crippen LogP contribution >= 0.6 is 0 Å². The van der Waals surface area contributed by atoms with Gasteiger partial charge in [0.15, 0.2) is 0 Å². The summed E-state index contributed by atoms with van der Waals surface area (Å²) in [5, 5.41) is 3.16. The Morgan fingerprint density at radius 2 is 1.94 bits per heavy atom. The summed E-state index contributed by atoms with van der Waals surface area (Å²) < 4.78 is 0. The van der Waals surface area contributed by atoms with Crippen LogP contribution in [0, 0.1) is 13.8 Å². The summed E-state index contributed by atoms with van der Waals surface area (Å²) in [6.07, 6.45) is 1.88. The van der Waals surface area contributed by atoms with Crippen molar-refractivity contribution < 1.29 is 0 Å². The molecule has 0 atom stereocenters. The topological polar surface area (TPSA) is 24.9 Å². The van der Waals surface area contributed by atoms with E-state index in [9.17, 15) is 0 Å². The van der Waals surface area contributed by atoms with Crippen LogP contribution in [0.15, 0.2) is 36.5 Å². The number of rotatable bonds is 3. The zero-order chi connectivity index (χ0) is 12.3. The van der Waals surface area contributed by atoms with Gasteiger partial charge in [-0.1, -0.05) is 23.8 Å². The molecule has 2 rings (SSSR count). The molecule has 0 radical (unpaired) electrons. The number of hydrogen-bond acceptors (Lipinski definition) is 2. The van der Waals surface area contributed by atoms with E-state index >= 15 is 0 Å². The van der Waals surface area contributed by atoms with Crippen molar-refractivity contribution >= 4 is 0 Å². The molecule has 1 heterocycles. The van der Waals surface area contributed by atoms with Crippen molar-refractivity contribution in [3.05, 3.63) is 53.2 Å². The smallest absolute Gasteiger partial charge is 0.0707 e. The number of nitrogens with one attached hydrogen (secondary N) is 1. The van der Waals surface area contributed by atoms with Crippen LogP contribution in [-0.4, -0.2) is 12.0 Å². The monoisotopic (exact) mass is 226 g/mol. The van der Waals surface area contributed by atoms with Crippen LogP contribution in [0.1, 0.15) is 16.7 Å². The third kappa shape index (κ3) is 2.71. The molecule has 0 spiro atoms. The summed E-state index contributed by atoms with van der Waals surface area (Å²) in [5.41, 5.74) is 6.10. The highest BCUT2D eigenvalue weighted by Crippen LogP contribution is 2.22. The van der Waals surface area contributed by atoms with E-state index in [1.54, 1.807) is 0 Å². The molecule has 0 aliphatic heterocycles. The minimum Gasteiger partial charge on any atom is -0.316 e. The Kier molecular flexibility index (Phi) is 3.55. The minimum atomic E-state index is 0.875. The first-order valence-corrected chi connectivity index (χ1v) is 5.88. The molecular formula is C15H18N2. The first-order chi connectivity index (χ1) is 8.20. The van der Waals surface area contributed by atoms with Crippen LogP contribution in [0.3, 0.4) is 0 Å². The van der Waals surface area contributed by atoms with Gasteiger partial charge in [0, 0.05) is 18.3 Å². The van der Waals surface area contributed by atoms with Gasteiger partial charge in [0.25, 0.3) is 0 Å². The Bertz CT molecular complexity index is 518. The summed E-state index contributed by atoms with van der Waals surface area (Å²) in [5.74, 6) is 0. The molecule has 1 aromatic carbocycles. The van der Waals surface area contributed by atoms with Crippen molar-refractivity contribution in [2.45, 2.75) is 20.4 Å². The predicted molar refractivity (Wildman–Crippen MR) is 71.9 cm³/mol. The normalized spacial score (nSPS) is 10.5. The second-order valence-electron chi connectivity index (χ2n) is 4.40.